The highest BCUT2D eigenvalue weighted by Crippen LogP contribution is 2.05. The molecule has 0 aromatic carbocycles. The molecule has 1 fully saturated rings. The van der Waals surface area contributed by atoms with Crippen molar-refractivity contribution >= 4 is 5.91 Å². The van der Waals surface area contributed by atoms with E-state index in [4.69, 9.17) is 9.47 Å². The van der Waals surface area contributed by atoms with E-state index in [-0.39, 0.29) is 18.1 Å². The number of hydrogen-bond donors (Lipinski definition) is 2. The fourth-order valence-electron chi connectivity index (χ4n) is 1.87. The van der Waals surface area contributed by atoms with Crippen LogP contribution in [-0.2, 0) is 14.3 Å². The molecule has 2 N–H and O–H groups in total. The molecule has 1 aliphatic rings. The Morgan fingerprint density at radius 2 is 2.33 bits per heavy atom. The maximum atomic E-state index is 11.9. The van der Waals surface area contributed by atoms with E-state index in [0.717, 1.165) is 13.1 Å². The van der Waals surface area contributed by atoms with Crippen LogP contribution in [0.1, 0.15) is 27.2 Å². The van der Waals surface area contributed by atoms with E-state index in [9.17, 15) is 4.79 Å². The van der Waals surface area contributed by atoms with Crippen molar-refractivity contribution < 1.29 is 14.3 Å². The molecule has 106 valence electrons. The van der Waals surface area contributed by atoms with E-state index in [0.29, 0.717) is 32.2 Å². The number of ether oxygens (including phenoxy) is 2. The van der Waals surface area contributed by atoms with Gasteiger partial charge in [0.15, 0.2) is 0 Å². The molecule has 2 unspecified atom stereocenters. The van der Waals surface area contributed by atoms with Crippen LogP contribution in [0.2, 0.25) is 0 Å². The largest absolute Gasteiger partial charge is 0.380 e. The van der Waals surface area contributed by atoms with Gasteiger partial charge in [-0.25, -0.2) is 0 Å². The summed E-state index contributed by atoms with van der Waals surface area (Å²) in [5.41, 5.74) is 0. The Hall–Kier alpha value is -0.650. The van der Waals surface area contributed by atoms with Gasteiger partial charge in [0.25, 0.3) is 0 Å². The second-order valence-corrected chi connectivity index (χ2v) is 4.98. The van der Waals surface area contributed by atoms with Crippen molar-refractivity contribution in [2.45, 2.75) is 39.3 Å². The first-order valence-corrected chi connectivity index (χ1v) is 6.83. The lowest BCUT2D eigenvalue weighted by molar-refractivity contribution is -0.126. The van der Waals surface area contributed by atoms with Gasteiger partial charge in [-0.15, -0.1) is 0 Å². The number of rotatable bonds is 7. The van der Waals surface area contributed by atoms with E-state index in [1.165, 1.54) is 0 Å². The highest BCUT2D eigenvalue weighted by Gasteiger charge is 2.21. The lowest BCUT2D eigenvalue weighted by atomic mass is 10.0. The fraction of sp³-hybridized carbons (Fsp3) is 0.923. The zero-order valence-electron chi connectivity index (χ0n) is 11.7. The van der Waals surface area contributed by atoms with Gasteiger partial charge in [-0.05, 0) is 12.8 Å². The van der Waals surface area contributed by atoms with Crippen LogP contribution < -0.4 is 10.6 Å². The molecule has 1 aliphatic heterocycles. The molecule has 0 saturated carbocycles. The first-order chi connectivity index (χ1) is 8.63. The lowest BCUT2D eigenvalue weighted by Gasteiger charge is -2.26. The highest BCUT2D eigenvalue weighted by atomic mass is 16.5. The minimum atomic E-state index is -0.00124. The molecule has 0 spiro atoms. The van der Waals surface area contributed by atoms with E-state index < -0.39 is 0 Å². The van der Waals surface area contributed by atoms with E-state index >= 15 is 0 Å². The Balaban J connectivity index is 2.30. The molecule has 0 aromatic heterocycles. The Kier molecular flexibility index (Phi) is 7.23. The van der Waals surface area contributed by atoms with Crippen molar-refractivity contribution in [3.05, 3.63) is 0 Å². The second-order valence-electron chi connectivity index (χ2n) is 4.98. The summed E-state index contributed by atoms with van der Waals surface area (Å²) < 4.78 is 10.9. The van der Waals surface area contributed by atoms with Crippen molar-refractivity contribution in [3.63, 3.8) is 0 Å². The van der Waals surface area contributed by atoms with Gasteiger partial charge in [0.05, 0.1) is 31.8 Å². The number of carbonyl (C=O) groups is 1. The predicted molar refractivity (Wildman–Crippen MR) is 70.5 cm³/mol. The van der Waals surface area contributed by atoms with E-state index in [1.54, 1.807) is 0 Å². The van der Waals surface area contributed by atoms with E-state index in [1.807, 2.05) is 6.92 Å². The molecule has 1 rings (SSSR count). The molecular formula is C13H26N2O3. The number of morpholine rings is 1. The van der Waals surface area contributed by atoms with Gasteiger partial charge in [-0.3, -0.25) is 4.79 Å². The van der Waals surface area contributed by atoms with Gasteiger partial charge in [0.1, 0.15) is 0 Å². The smallest absolute Gasteiger partial charge is 0.222 e. The monoisotopic (exact) mass is 258 g/mol. The Morgan fingerprint density at radius 3 is 2.89 bits per heavy atom. The van der Waals surface area contributed by atoms with Crippen LogP contribution in [0.15, 0.2) is 0 Å². The summed E-state index contributed by atoms with van der Waals surface area (Å²) in [7, 11) is 0. The summed E-state index contributed by atoms with van der Waals surface area (Å²) in [6.07, 6.45) is 0.418. The second kappa shape index (κ2) is 8.45. The molecule has 18 heavy (non-hydrogen) atoms. The summed E-state index contributed by atoms with van der Waals surface area (Å²) >= 11 is 0. The predicted octanol–water partition coefficient (Wildman–Crippen LogP) is 0.542. The number of nitrogens with one attached hydrogen (secondary N) is 2. The molecule has 0 aliphatic carbocycles. The minimum absolute atomic E-state index is 0.00124. The van der Waals surface area contributed by atoms with Gasteiger partial charge >= 0.3 is 0 Å². The molecule has 0 radical (unpaired) electrons. The van der Waals surface area contributed by atoms with Crippen molar-refractivity contribution in [1.82, 2.24) is 10.6 Å². The molecule has 1 heterocycles. The van der Waals surface area contributed by atoms with Crippen LogP contribution in [0, 0.1) is 5.92 Å². The van der Waals surface area contributed by atoms with E-state index in [2.05, 4.69) is 24.5 Å². The third kappa shape index (κ3) is 5.80. The van der Waals surface area contributed by atoms with Crippen molar-refractivity contribution in [2.24, 2.45) is 5.92 Å². The normalized spacial score (nSPS) is 21.9. The van der Waals surface area contributed by atoms with Crippen LogP contribution in [0.4, 0.5) is 0 Å². The van der Waals surface area contributed by atoms with Crippen LogP contribution in [0.3, 0.4) is 0 Å². The Labute approximate surface area is 110 Å². The number of carbonyl (C=O) groups excluding carboxylic acids is 1. The highest BCUT2D eigenvalue weighted by molar-refractivity contribution is 5.76. The summed E-state index contributed by atoms with van der Waals surface area (Å²) in [6.45, 7) is 9.69. The Morgan fingerprint density at radius 1 is 1.56 bits per heavy atom. The van der Waals surface area contributed by atoms with Crippen molar-refractivity contribution in [3.8, 4) is 0 Å². The molecule has 2 atom stereocenters. The van der Waals surface area contributed by atoms with Crippen LogP contribution in [0.5, 0.6) is 0 Å². The van der Waals surface area contributed by atoms with Crippen LogP contribution in [0.25, 0.3) is 0 Å². The molecule has 5 heteroatoms. The first-order valence-electron chi connectivity index (χ1n) is 6.83. The minimum Gasteiger partial charge on any atom is -0.380 e. The zero-order valence-corrected chi connectivity index (χ0v) is 11.7. The first kappa shape index (κ1) is 15.4. The maximum Gasteiger partial charge on any atom is 0.222 e. The van der Waals surface area contributed by atoms with Crippen molar-refractivity contribution in [2.75, 3.05) is 32.9 Å². The maximum absolute atomic E-state index is 11.9. The SMILES string of the molecule is CCOCC(NC(=O)CC1CNCCO1)C(C)C. The Bertz CT molecular complexity index is 240. The van der Waals surface area contributed by atoms with Gasteiger partial charge < -0.3 is 20.1 Å². The quantitative estimate of drug-likeness (QED) is 0.700. The third-order valence-corrected chi connectivity index (χ3v) is 3.07. The molecule has 1 amide bonds. The molecule has 1 saturated heterocycles. The fourth-order valence-corrected chi connectivity index (χ4v) is 1.87. The number of hydrogen-bond acceptors (Lipinski definition) is 4. The lowest BCUT2D eigenvalue weighted by Crippen LogP contribution is -2.46. The third-order valence-electron chi connectivity index (χ3n) is 3.07. The van der Waals surface area contributed by atoms with Gasteiger partial charge in [0.2, 0.25) is 5.91 Å². The van der Waals surface area contributed by atoms with Crippen LogP contribution in [-0.4, -0.2) is 51.0 Å². The van der Waals surface area contributed by atoms with Crippen molar-refractivity contribution in [1.29, 1.82) is 0 Å². The molecular weight excluding hydrogens is 232 g/mol. The summed E-state index contributed by atoms with van der Waals surface area (Å²) in [4.78, 5) is 11.9. The van der Waals surface area contributed by atoms with Gasteiger partial charge in [-0.2, -0.15) is 0 Å². The summed E-state index contributed by atoms with van der Waals surface area (Å²) in [5.74, 6) is 0.410. The topological polar surface area (TPSA) is 59.6 Å². The zero-order chi connectivity index (χ0) is 13.4. The average molecular weight is 258 g/mol. The molecule has 5 nitrogen and oxygen atoms in total. The number of amides is 1. The standard InChI is InChI=1S/C13H26N2O3/c1-4-17-9-12(10(2)3)15-13(16)7-11-8-14-5-6-18-11/h10-12,14H,4-9H2,1-3H3,(H,15,16). The average Bonchev–Trinajstić information content (AvgIpc) is 2.35. The van der Waals surface area contributed by atoms with Gasteiger partial charge in [-0.1, -0.05) is 13.8 Å². The molecule has 0 bridgehead atoms. The van der Waals surface area contributed by atoms with Gasteiger partial charge in [0, 0.05) is 19.7 Å². The summed E-state index contributed by atoms with van der Waals surface area (Å²) in [6, 6.07) is 0.0778. The molecule has 0 aromatic rings. The van der Waals surface area contributed by atoms with Crippen LogP contribution >= 0.6 is 0 Å². The summed E-state index contributed by atoms with van der Waals surface area (Å²) in [5, 5.41) is 6.25.